The van der Waals surface area contributed by atoms with E-state index in [1.165, 1.54) is 0 Å². The zero-order valence-electron chi connectivity index (χ0n) is 5.66. The van der Waals surface area contributed by atoms with Crippen molar-refractivity contribution in [1.29, 1.82) is 0 Å². The van der Waals surface area contributed by atoms with Crippen molar-refractivity contribution in [2.75, 3.05) is 0 Å². The molecule has 0 bridgehead atoms. The Hall–Kier alpha value is 2.59. The van der Waals surface area contributed by atoms with Crippen LogP contribution < -0.4 is 9.55 Å². The van der Waals surface area contributed by atoms with E-state index >= 15 is 0 Å². The molecule has 0 N–H and O–H groups in total. The Morgan fingerprint density at radius 3 is 0.692 bits per heavy atom. The van der Waals surface area contributed by atoms with E-state index in [0.29, 0.717) is 0 Å². The van der Waals surface area contributed by atoms with Crippen LogP contribution >= 0.6 is 0 Å². The van der Waals surface area contributed by atoms with Crippen LogP contribution in [0.2, 0.25) is 0 Å². The van der Waals surface area contributed by atoms with Crippen molar-refractivity contribution in [3.63, 3.8) is 0 Å². The summed E-state index contributed by atoms with van der Waals surface area (Å²) in [6.07, 6.45) is 0. The molecule has 0 rings (SSSR count). The summed E-state index contributed by atoms with van der Waals surface area (Å²) in [6, 6.07) is 0. The number of rotatable bonds is 0. The summed E-state index contributed by atoms with van der Waals surface area (Å²) < 4.78 is 81.3. The van der Waals surface area contributed by atoms with Crippen molar-refractivity contribution in [3.8, 4) is 0 Å². The van der Waals surface area contributed by atoms with E-state index in [0.717, 1.165) is 0 Å². The van der Waals surface area contributed by atoms with Gasteiger partial charge in [0.05, 0.1) is 0 Å². The fourth-order valence-corrected chi connectivity index (χ4v) is 0. The average molecular weight is 541 g/mol. The summed E-state index contributed by atoms with van der Waals surface area (Å²) in [5.74, 6) is 0. The molecule has 0 amide bonds. The summed E-state index contributed by atoms with van der Waals surface area (Å²) in [7, 11) is 0. The van der Waals surface area contributed by atoms with Crippen molar-refractivity contribution in [3.05, 3.63) is 0 Å². The van der Waals surface area contributed by atoms with Gasteiger partial charge in [-0.15, -0.1) is 0 Å². The van der Waals surface area contributed by atoms with Gasteiger partial charge in [-0.2, -0.15) is 0 Å². The van der Waals surface area contributed by atoms with Crippen LogP contribution in [0.1, 0.15) is 0 Å². The number of hydrogen-bond acceptors (Lipinski definition) is 6. The Kier molecular flexibility index (Phi) is 38.1. The summed E-state index contributed by atoms with van der Waals surface area (Å²) in [5.41, 5.74) is 0. The molecule has 0 aliphatic carbocycles. The molecule has 0 aromatic rings. The Bertz CT molecular complexity index is 121. The van der Waals surface area contributed by atoms with Gasteiger partial charge in [-0.25, -0.2) is 0 Å². The molecule has 0 unspecified atom stereocenters. The van der Waals surface area contributed by atoms with Crippen LogP contribution in [0.15, 0.2) is 0 Å². The van der Waals surface area contributed by atoms with Crippen LogP contribution in [-0.4, -0.2) is 25.8 Å². The minimum absolute atomic E-state index is 0. The van der Waals surface area contributed by atoms with Crippen LogP contribution in [-0.2, 0) is 76.9 Å². The van der Waals surface area contributed by atoms with Gasteiger partial charge >= 0.3 is 120 Å². The van der Waals surface area contributed by atoms with Crippen molar-refractivity contribution in [2.24, 2.45) is 0 Å². The summed E-state index contributed by atoms with van der Waals surface area (Å²) in [5, 5.41) is 0. The maximum absolute atomic E-state index is 10.1. The van der Waals surface area contributed by atoms with E-state index in [1.54, 1.807) is 0 Å². The van der Waals surface area contributed by atoms with Gasteiger partial charge in [0, 0.05) is 0 Å². The molecule has 72 valence electrons. The van der Waals surface area contributed by atoms with Crippen LogP contribution in [0.5, 0.6) is 0 Å². The molecular weight excluding hydrogens is 541 g/mol. The standard InChI is InChI=1S/3FH.In.6O.3Zr/h3*1H;;;;;;;;;;/q;;;+3;;;;3*-1;3*+1/p-3. The predicted molar refractivity (Wildman–Crippen MR) is 11.1 cm³/mol. The molecule has 0 atom stereocenters. The minimum atomic E-state index is -4.54. The molecular formula is F3InO6Zr3. The van der Waals surface area contributed by atoms with Gasteiger partial charge in [-0.1, -0.05) is 0 Å². The van der Waals surface area contributed by atoms with Gasteiger partial charge in [0.2, 0.25) is 0 Å². The Morgan fingerprint density at radius 1 is 0.692 bits per heavy atom. The van der Waals surface area contributed by atoms with Crippen molar-refractivity contribution in [2.45, 2.75) is 0 Å². The Labute approximate surface area is 118 Å². The van der Waals surface area contributed by atoms with Gasteiger partial charge < -0.3 is 0 Å². The van der Waals surface area contributed by atoms with Gasteiger partial charge in [-0.05, 0) is 0 Å². The molecule has 0 aliphatic heterocycles. The van der Waals surface area contributed by atoms with E-state index in [9.17, 15) is 7.88 Å². The van der Waals surface area contributed by atoms with Crippen LogP contribution in [0, 0.1) is 0 Å². The van der Waals surface area contributed by atoms with Gasteiger partial charge in [0.15, 0.2) is 0 Å². The molecule has 0 heterocycles. The molecule has 0 spiro atoms. The Balaban J connectivity index is -0.0000000450. The molecule has 13 heteroatoms. The average Bonchev–Trinajstić information content (AvgIpc) is 1.54. The normalized spacial score (nSPS) is 6.00. The Morgan fingerprint density at radius 2 is 0.692 bits per heavy atom. The quantitative estimate of drug-likeness (QED) is 0.322. The van der Waals surface area contributed by atoms with Crippen LogP contribution in [0.4, 0.5) is 7.88 Å². The molecule has 0 radical (unpaired) electrons. The molecule has 6 nitrogen and oxygen atoms in total. The number of halogens is 3. The molecule has 0 fully saturated rings. The fraction of sp³-hybridized carbons (Fsp3) is 0. The van der Waals surface area contributed by atoms with E-state index < -0.39 is 68.4 Å². The third kappa shape index (κ3) is 345. The second kappa shape index (κ2) is 20.1. The van der Waals surface area contributed by atoms with E-state index in [2.05, 4.69) is 0 Å². The zero-order valence-corrected chi connectivity index (χ0v) is 16.3. The van der Waals surface area contributed by atoms with E-state index in [1.807, 2.05) is 0 Å². The first-order chi connectivity index (χ1) is 5.20. The molecule has 0 saturated heterocycles. The molecule has 0 aromatic heterocycles. The van der Waals surface area contributed by atoms with Crippen molar-refractivity contribution >= 4 is 25.8 Å². The monoisotopic (exact) mass is 538 g/mol. The molecule has 0 saturated carbocycles. The fourth-order valence-electron chi connectivity index (χ4n) is 0. The molecule has 13 heavy (non-hydrogen) atoms. The maximum atomic E-state index is 10.1. The third-order valence-corrected chi connectivity index (χ3v) is 0. The van der Waals surface area contributed by atoms with E-state index in [-0.39, 0.29) is 25.8 Å². The van der Waals surface area contributed by atoms with Crippen molar-refractivity contribution in [1.82, 2.24) is 0 Å². The summed E-state index contributed by atoms with van der Waals surface area (Å²) in [6.45, 7) is 0. The topological polar surface area (TPSA) is 120 Å². The van der Waals surface area contributed by atoms with Crippen molar-refractivity contribution < 1.29 is 94.3 Å². The first-order valence-electron chi connectivity index (χ1n) is 1.79. The van der Waals surface area contributed by atoms with Gasteiger partial charge in [0.1, 0.15) is 0 Å². The SMILES string of the molecule is [In+3].[O]=[Zr]([O-])[F].[O]=[Zr]([O-])[F].[O]=[Zr]([O-])[F]. The summed E-state index contributed by atoms with van der Waals surface area (Å²) in [4.78, 5) is 0. The zero-order chi connectivity index (χ0) is 10.7. The van der Waals surface area contributed by atoms with Gasteiger partial charge in [0.25, 0.3) is 0 Å². The second-order valence-electron chi connectivity index (χ2n) is 0.713. The van der Waals surface area contributed by atoms with Crippen LogP contribution in [0.25, 0.3) is 0 Å². The van der Waals surface area contributed by atoms with Crippen LogP contribution in [0.3, 0.4) is 0 Å². The van der Waals surface area contributed by atoms with Gasteiger partial charge in [-0.3, -0.25) is 0 Å². The second-order valence-corrected chi connectivity index (χ2v) is 4.22. The number of hydrogen-bond donors (Lipinski definition) is 0. The molecule has 0 aromatic carbocycles. The summed E-state index contributed by atoms with van der Waals surface area (Å²) >= 11 is -13.6. The first kappa shape index (κ1) is 24.7. The first-order valence-corrected chi connectivity index (χ1v) is 10.6. The third-order valence-electron chi connectivity index (χ3n) is 0. The molecule has 0 aliphatic rings. The predicted octanol–water partition coefficient (Wildman–Crippen LogP) is -3.05. The van der Waals surface area contributed by atoms with E-state index in [4.69, 9.17) is 18.0 Å².